The van der Waals surface area contributed by atoms with Gasteiger partial charge in [0.05, 0.1) is 10.6 Å². The van der Waals surface area contributed by atoms with E-state index in [4.69, 9.17) is 4.42 Å². The number of hydrogen-bond acceptors (Lipinski definition) is 4. The van der Waals surface area contributed by atoms with Gasteiger partial charge >= 0.3 is 0 Å². The molecule has 1 N–H and O–H groups in total. The first kappa shape index (κ1) is 15.6. The maximum Gasteiger partial charge on any atom is 0.261 e. The molecule has 0 saturated carbocycles. The lowest BCUT2D eigenvalue weighted by Crippen LogP contribution is -2.14. The zero-order valence-corrected chi connectivity index (χ0v) is 14.0. The minimum absolute atomic E-state index is 0.0201. The van der Waals surface area contributed by atoms with Crippen molar-refractivity contribution in [2.75, 3.05) is 4.72 Å². The average molecular weight is 330 g/mol. The largest absolute Gasteiger partial charge is 0.443 e. The molecular formula is C17H18N2O3S. The molecule has 0 aliphatic rings. The van der Waals surface area contributed by atoms with Crippen molar-refractivity contribution in [3.63, 3.8) is 0 Å². The fraction of sp³-hybridized carbons (Fsp3) is 0.235. The summed E-state index contributed by atoms with van der Waals surface area (Å²) in [5.41, 5.74) is 2.73. The third-order valence-corrected chi connectivity index (χ3v) is 5.01. The number of rotatable bonds is 3. The molecule has 0 aliphatic heterocycles. The molecule has 120 valence electrons. The molecule has 23 heavy (non-hydrogen) atoms. The number of oxazole rings is 1. The zero-order chi connectivity index (χ0) is 16.7. The Bertz CT molecular complexity index is 936. The lowest BCUT2D eigenvalue weighted by molar-refractivity contribution is 0.587. The third kappa shape index (κ3) is 3.22. The van der Waals surface area contributed by atoms with Gasteiger partial charge in [0.1, 0.15) is 5.52 Å². The van der Waals surface area contributed by atoms with Gasteiger partial charge in [-0.3, -0.25) is 4.72 Å². The monoisotopic (exact) mass is 330 g/mol. The molecule has 0 unspecified atom stereocenters. The number of nitrogens with zero attached hydrogens (tertiary/aromatic N) is 1. The van der Waals surface area contributed by atoms with Crippen molar-refractivity contribution in [3.05, 3.63) is 54.4 Å². The summed E-state index contributed by atoms with van der Waals surface area (Å²) in [6, 6.07) is 11.9. The molecule has 0 saturated heterocycles. The molecule has 1 heterocycles. The van der Waals surface area contributed by atoms with Gasteiger partial charge in [-0.25, -0.2) is 13.4 Å². The van der Waals surface area contributed by atoms with Gasteiger partial charge in [-0.1, -0.05) is 32.9 Å². The van der Waals surface area contributed by atoms with E-state index in [9.17, 15) is 8.42 Å². The van der Waals surface area contributed by atoms with E-state index in [0.717, 1.165) is 5.56 Å². The number of fused-ring (bicyclic) bond motifs is 1. The van der Waals surface area contributed by atoms with Crippen molar-refractivity contribution in [2.45, 2.75) is 31.1 Å². The van der Waals surface area contributed by atoms with Crippen LogP contribution in [0.25, 0.3) is 11.1 Å². The Morgan fingerprint density at radius 2 is 1.74 bits per heavy atom. The van der Waals surface area contributed by atoms with Gasteiger partial charge in [-0.05, 0) is 41.3 Å². The van der Waals surface area contributed by atoms with Crippen molar-refractivity contribution >= 4 is 26.8 Å². The van der Waals surface area contributed by atoms with Crippen LogP contribution in [0.4, 0.5) is 5.69 Å². The van der Waals surface area contributed by atoms with E-state index in [0.29, 0.717) is 16.8 Å². The predicted octanol–water partition coefficient (Wildman–Crippen LogP) is 3.93. The normalized spacial score (nSPS) is 12.5. The zero-order valence-electron chi connectivity index (χ0n) is 13.2. The minimum Gasteiger partial charge on any atom is -0.443 e. The predicted molar refractivity (Wildman–Crippen MR) is 90.0 cm³/mol. The van der Waals surface area contributed by atoms with Crippen LogP contribution in [0, 0.1) is 0 Å². The molecule has 1 aromatic heterocycles. The Labute approximate surface area is 135 Å². The topological polar surface area (TPSA) is 72.2 Å². The maximum atomic E-state index is 12.5. The summed E-state index contributed by atoms with van der Waals surface area (Å²) in [5, 5.41) is 0. The van der Waals surface area contributed by atoms with Crippen LogP contribution >= 0.6 is 0 Å². The van der Waals surface area contributed by atoms with Gasteiger partial charge in [0.15, 0.2) is 12.0 Å². The van der Waals surface area contributed by atoms with Gasteiger partial charge in [-0.15, -0.1) is 0 Å². The molecule has 0 fully saturated rings. The van der Waals surface area contributed by atoms with Crippen molar-refractivity contribution in [1.82, 2.24) is 4.98 Å². The lowest BCUT2D eigenvalue weighted by Gasteiger charge is -2.19. The van der Waals surface area contributed by atoms with Gasteiger partial charge in [0.2, 0.25) is 0 Å². The van der Waals surface area contributed by atoms with Crippen LogP contribution in [0.15, 0.2) is 58.2 Å². The van der Waals surface area contributed by atoms with E-state index in [2.05, 4.69) is 30.5 Å². The maximum absolute atomic E-state index is 12.5. The van der Waals surface area contributed by atoms with Crippen molar-refractivity contribution in [1.29, 1.82) is 0 Å². The third-order valence-electron chi connectivity index (χ3n) is 3.61. The summed E-state index contributed by atoms with van der Waals surface area (Å²) in [7, 11) is -3.64. The Morgan fingerprint density at radius 1 is 1.04 bits per heavy atom. The van der Waals surface area contributed by atoms with Crippen molar-refractivity contribution in [3.8, 4) is 0 Å². The fourth-order valence-corrected chi connectivity index (χ4v) is 3.32. The second-order valence-corrected chi connectivity index (χ2v) is 8.10. The first-order chi connectivity index (χ1) is 10.8. The van der Waals surface area contributed by atoms with Crippen LogP contribution in [0.5, 0.6) is 0 Å². The van der Waals surface area contributed by atoms with Crippen LogP contribution in [-0.2, 0) is 15.4 Å². The number of benzene rings is 2. The van der Waals surface area contributed by atoms with Crippen molar-refractivity contribution in [2.24, 2.45) is 0 Å². The highest BCUT2D eigenvalue weighted by Crippen LogP contribution is 2.25. The molecular weight excluding hydrogens is 312 g/mol. The first-order valence-electron chi connectivity index (χ1n) is 7.22. The average Bonchev–Trinajstić information content (AvgIpc) is 2.93. The number of aromatic nitrogens is 1. The highest BCUT2D eigenvalue weighted by molar-refractivity contribution is 7.92. The Kier molecular flexibility index (Phi) is 3.64. The van der Waals surface area contributed by atoms with Crippen LogP contribution in [0.1, 0.15) is 26.3 Å². The lowest BCUT2D eigenvalue weighted by atomic mass is 9.87. The molecule has 0 spiro atoms. The number of sulfonamides is 1. The summed E-state index contributed by atoms with van der Waals surface area (Å²) in [6.45, 7) is 6.26. The molecule has 3 rings (SSSR count). The van der Waals surface area contributed by atoms with Crippen LogP contribution in [-0.4, -0.2) is 13.4 Å². The SMILES string of the molecule is CC(C)(C)c1ccc(S(=O)(=O)Nc2ccc3ocnc3c2)cc1. The summed E-state index contributed by atoms with van der Waals surface area (Å²) in [4.78, 5) is 4.25. The standard InChI is InChI=1S/C17H18N2O3S/c1-17(2,3)12-4-7-14(8-5-12)23(20,21)19-13-6-9-16-15(10-13)18-11-22-16/h4-11,19H,1-3H3. The Hall–Kier alpha value is -2.34. The van der Waals surface area contributed by atoms with E-state index < -0.39 is 10.0 Å². The van der Waals surface area contributed by atoms with Gasteiger partial charge in [0, 0.05) is 0 Å². The molecule has 5 nitrogen and oxygen atoms in total. The molecule has 0 amide bonds. The van der Waals surface area contributed by atoms with Crippen LogP contribution in [0.2, 0.25) is 0 Å². The van der Waals surface area contributed by atoms with Gasteiger partial charge in [0.25, 0.3) is 10.0 Å². The van der Waals surface area contributed by atoms with E-state index >= 15 is 0 Å². The highest BCUT2D eigenvalue weighted by Gasteiger charge is 2.18. The molecule has 0 bridgehead atoms. The quantitative estimate of drug-likeness (QED) is 0.790. The van der Waals surface area contributed by atoms with Crippen molar-refractivity contribution < 1.29 is 12.8 Å². The first-order valence-corrected chi connectivity index (χ1v) is 8.71. The van der Waals surface area contributed by atoms with E-state index in [-0.39, 0.29) is 10.3 Å². The van der Waals surface area contributed by atoms with E-state index in [1.807, 2.05) is 12.1 Å². The van der Waals surface area contributed by atoms with Gasteiger partial charge < -0.3 is 4.42 Å². The fourth-order valence-electron chi connectivity index (χ4n) is 2.27. The van der Waals surface area contributed by atoms with Crippen LogP contribution in [0.3, 0.4) is 0 Å². The molecule has 0 radical (unpaired) electrons. The molecule has 3 aromatic rings. The smallest absolute Gasteiger partial charge is 0.261 e. The summed E-state index contributed by atoms with van der Waals surface area (Å²) in [6.07, 6.45) is 1.33. The summed E-state index contributed by atoms with van der Waals surface area (Å²) < 4.78 is 32.7. The van der Waals surface area contributed by atoms with E-state index in [1.165, 1.54) is 6.39 Å². The number of hydrogen-bond donors (Lipinski definition) is 1. The van der Waals surface area contributed by atoms with Crippen LogP contribution < -0.4 is 4.72 Å². The molecule has 0 aliphatic carbocycles. The summed E-state index contributed by atoms with van der Waals surface area (Å²) >= 11 is 0. The molecule has 2 aromatic carbocycles. The number of anilines is 1. The number of nitrogens with one attached hydrogen (secondary N) is 1. The van der Waals surface area contributed by atoms with Gasteiger partial charge in [-0.2, -0.15) is 0 Å². The minimum atomic E-state index is -3.64. The second kappa shape index (κ2) is 5.38. The second-order valence-electron chi connectivity index (χ2n) is 6.41. The van der Waals surface area contributed by atoms with E-state index in [1.54, 1.807) is 30.3 Å². The Balaban J connectivity index is 1.88. The summed E-state index contributed by atoms with van der Waals surface area (Å²) in [5.74, 6) is 0. The molecule has 6 heteroatoms. The molecule has 0 atom stereocenters. The Morgan fingerprint density at radius 3 is 2.39 bits per heavy atom. The highest BCUT2D eigenvalue weighted by atomic mass is 32.2.